The summed E-state index contributed by atoms with van der Waals surface area (Å²) < 4.78 is 5.13. The van der Waals surface area contributed by atoms with Gasteiger partial charge in [-0.3, -0.25) is 0 Å². The highest BCUT2D eigenvalue weighted by Crippen LogP contribution is 2.54. The number of methoxy groups -OCH3 is 1. The number of ether oxygens (including phenoxy) is 1. The standard InChI is InChI=1S/C17H17ClO2/c1-20-16-8-7-12(9-15(16)18)17(19)14-10-13(14)11-5-3-2-4-6-11/h2-9,13-14,17,19H,10H2,1H3. The Kier molecular flexibility index (Phi) is 3.68. The van der Waals surface area contributed by atoms with E-state index < -0.39 is 6.10 Å². The Morgan fingerprint density at radius 3 is 2.60 bits per heavy atom. The Morgan fingerprint density at radius 2 is 1.95 bits per heavy atom. The van der Waals surface area contributed by atoms with Crippen LogP contribution in [0.5, 0.6) is 5.75 Å². The first kappa shape index (κ1) is 13.5. The molecule has 0 saturated heterocycles. The molecule has 20 heavy (non-hydrogen) atoms. The molecule has 3 unspecified atom stereocenters. The maximum absolute atomic E-state index is 10.5. The Bertz CT molecular complexity index is 597. The smallest absolute Gasteiger partial charge is 0.137 e. The highest BCUT2D eigenvalue weighted by molar-refractivity contribution is 6.32. The van der Waals surface area contributed by atoms with Crippen molar-refractivity contribution in [1.82, 2.24) is 0 Å². The van der Waals surface area contributed by atoms with E-state index in [0.717, 1.165) is 12.0 Å². The summed E-state index contributed by atoms with van der Waals surface area (Å²) >= 11 is 6.12. The van der Waals surface area contributed by atoms with Crippen molar-refractivity contribution in [2.24, 2.45) is 5.92 Å². The van der Waals surface area contributed by atoms with E-state index in [4.69, 9.17) is 16.3 Å². The zero-order valence-corrected chi connectivity index (χ0v) is 12.0. The summed E-state index contributed by atoms with van der Waals surface area (Å²) in [6, 6.07) is 15.8. The number of aliphatic hydroxyl groups excluding tert-OH is 1. The molecule has 104 valence electrons. The van der Waals surface area contributed by atoms with Crippen molar-refractivity contribution >= 4 is 11.6 Å². The van der Waals surface area contributed by atoms with Crippen LogP contribution in [-0.2, 0) is 0 Å². The van der Waals surface area contributed by atoms with E-state index in [0.29, 0.717) is 16.7 Å². The van der Waals surface area contributed by atoms with Crippen LogP contribution in [0.3, 0.4) is 0 Å². The molecule has 0 radical (unpaired) electrons. The van der Waals surface area contributed by atoms with Crippen LogP contribution >= 0.6 is 11.6 Å². The topological polar surface area (TPSA) is 29.5 Å². The molecule has 0 aromatic heterocycles. The van der Waals surface area contributed by atoms with Gasteiger partial charge in [0.2, 0.25) is 0 Å². The van der Waals surface area contributed by atoms with Gasteiger partial charge in [0.05, 0.1) is 18.2 Å². The summed E-state index contributed by atoms with van der Waals surface area (Å²) in [5, 5.41) is 11.0. The SMILES string of the molecule is COc1ccc(C(O)C2CC2c2ccccc2)cc1Cl. The summed E-state index contributed by atoms with van der Waals surface area (Å²) in [6.45, 7) is 0. The molecular formula is C17H17ClO2. The Balaban J connectivity index is 1.75. The van der Waals surface area contributed by atoms with E-state index in [1.807, 2.05) is 24.3 Å². The van der Waals surface area contributed by atoms with Gasteiger partial charge in [0.25, 0.3) is 0 Å². The van der Waals surface area contributed by atoms with Gasteiger partial charge >= 0.3 is 0 Å². The van der Waals surface area contributed by atoms with Crippen LogP contribution in [0.25, 0.3) is 0 Å². The summed E-state index contributed by atoms with van der Waals surface area (Å²) in [7, 11) is 1.59. The van der Waals surface area contributed by atoms with Gasteiger partial charge in [-0.2, -0.15) is 0 Å². The fourth-order valence-corrected chi connectivity index (χ4v) is 3.03. The Labute approximate surface area is 124 Å². The maximum atomic E-state index is 10.5. The molecule has 1 aliphatic rings. The van der Waals surface area contributed by atoms with Crippen LogP contribution in [0.1, 0.15) is 29.6 Å². The summed E-state index contributed by atoms with van der Waals surface area (Å²) in [4.78, 5) is 0. The lowest BCUT2D eigenvalue weighted by Crippen LogP contribution is -2.01. The molecule has 3 atom stereocenters. The third-order valence-electron chi connectivity index (χ3n) is 3.99. The van der Waals surface area contributed by atoms with E-state index in [-0.39, 0.29) is 5.92 Å². The molecule has 0 amide bonds. The lowest BCUT2D eigenvalue weighted by Gasteiger charge is -2.13. The Morgan fingerprint density at radius 1 is 1.20 bits per heavy atom. The van der Waals surface area contributed by atoms with Crippen LogP contribution in [0.2, 0.25) is 5.02 Å². The monoisotopic (exact) mass is 288 g/mol. The first-order valence-corrected chi connectivity index (χ1v) is 7.15. The molecular weight excluding hydrogens is 272 g/mol. The zero-order chi connectivity index (χ0) is 14.1. The van der Waals surface area contributed by atoms with Gasteiger partial charge in [0.15, 0.2) is 0 Å². The van der Waals surface area contributed by atoms with Crippen molar-refractivity contribution in [3.05, 3.63) is 64.7 Å². The van der Waals surface area contributed by atoms with E-state index >= 15 is 0 Å². The van der Waals surface area contributed by atoms with Gasteiger partial charge in [-0.05, 0) is 41.5 Å². The highest BCUT2D eigenvalue weighted by Gasteiger charge is 2.43. The second-order valence-corrected chi connectivity index (χ2v) is 5.66. The van der Waals surface area contributed by atoms with Crippen molar-refractivity contribution in [1.29, 1.82) is 0 Å². The second kappa shape index (κ2) is 5.47. The van der Waals surface area contributed by atoms with Crippen molar-refractivity contribution in [3.8, 4) is 5.75 Å². The molecule has 2 aromatic carbocycles. The minimum absolute atomic E-state index is 0.280. The van der Waals surface area contributed by atoms with Crippen LogP contribution in [0.4, 0.5) is 0 Å². The van der Waals surface area contributed by atoms with Crippen molar-refractivity contribution in [2.45, 2.75) is 18.4 Å². The van der Waals surface area contributed by atoms with Gasteiger partial charge in [-0.15, -0.1) is 0 Å². The average molecular weight is 289 g/mol. The number of aliphatic hydroxyl groups is 1. The van der Waals surface area contributed by atoms with Gasteiger partial charge in [0, 0.05) is 0 Å². The molecule has 3 heteroatoms. The quantitative estimate of drug-likeness (QED) is 0.914. The van der Waals surface area contributed by atoms with Crippen molar-refractivity contribution in [3.63, 3.8) is 0 Å². The minimum atomic E-state index is -0.469. The van der Waals surface area contributed by atoms with Crippen molar-refractivity contribution in [2.75, 3.05) is 7.11 Å². The lowest BCUT2D eigenvalue weighted by molar-refractivity contribution is 0.151. The van der Waals surface area contributed by atoms with Crippen molar-refractivity contribution < 1.29 is 9.84 Å². The molecule has 1 saturated carbocycles. The van der Waals surface area contributed by atoms with E-state index in [9.17, 15) is 5.11 Å². The maximum Gasteiger partial charge on any atom is 0.137 e. The molecule has 0 heterocycles. The molecule has 0 aliphatic heterocycles. The highest BCUT2D eigenvalue weighted by atomic mass is 35.5. The molecule has 3 rings (SSSR count). The molecule has 1 N–H and O–H groups in total. The third-order valence-corrected chi connectivity index (χ3v) is 4.29. The predicted octanol–water partition coefficient (Wildman–Crippen LogP) is 4.19. The van der Waals surface area contributed by atoms with Crippen LogP contribution in [0, 0.1) is 5.92 Å². The molecule has 0 bridgehead atoms. The largest absolute Gasteiger partial charge is 0.495 e. The second-order valence-electron chi connectivity index (χ2n) is 5.26. The first-order chi connectivity index (χ1) is 9.70. The number of hydrogen-bond donors (Lipinski definition) is 1. The fourth-order valence-electron chi connectivity index (χ4n) is 2.76. The number of hydrogen-bond acceptors (Lipinski definition) is 2. The fraction of sp³-hybridized carbons (Fsp3) is 0.294. The average Bonchev–Trinajstić information content (AvgIpc) is 3.28. The number of benzene rings is 2. The number of halogens is 1. The normalized spacial score (nSPS) is 22.4. The third kappa shape index (κ3) is 2.54. The summed E-state index contributed by atoms with van der Waals surface area (Å²) in [5.74, 6) is 1.37. The van der Waals surface area contributed by atoms with Crippen LogP contribution in [0.15, 0.2) is 48.5 Å². The molecule has 0 spiro atoms. The van der Waals surface area contributed by atoms with Crippen LogP contribution < -0.4 is 4.74 Å². The first-order valence-electron chi connectivity index (χ1n) is 6.77. The summed E-state index contributed by atoms with van der Waals surface area (Å²) in [6.07, 6.45) is 0.554. The van der Waals surface area contributed by atoms with Gasteiger partial charge < -0.3 is 9.84 Å². The molecule has 2 nitrogen and oxygen atoms in total. The predicted molar refractivity (Wildman–Crippen MR) is 80.3 cm³/mol. The van der Waals surface area contributed by atoms with E-state index in [1.165, 1.54) is 5.56 Å². The zero-order valence-electron chi connectivity index (χ0n) is 11.3. The van der Waals surface area contributed by atoms with Gasteiger partial charge in [-0.1, -0.05) is 48.0 Å². The van der Waals surface area contributed by atoms with Crippen LogP contribution in [-0.4, -0.2) is 12.2 Å². The molecule has 1 aliphatic carbocycles. The molecule has 2 aromatic rings. The number of rotatable bonds is 4. The van der Waals surface area contributed by atoms with E-state index in [1.54, 1.807) is 19.2 Å². The Hall–Kier alpha value is -1.51. The molecule has 1 fully saturated rings. The lowest BCUT2D eigenvalue weighted by atomic mass is 10.0. The summed E-state index contributed by atoms with van der Waals surface area (Å²) in [5.41, 5.74) is 2.16. The van der Waals surface area contributed by atoms with E-state index in [2.05, 4.69) is 12.1 Å². The minimum Gasteiger partial charge on any atom is -0.495 e. The van der Waals surface area contributed by atoms with Gasteiger partial charge in [0.1, 0.15) is 5.75 Å². The van der Waals surface area contributed by atoms with Gasteiger partial charge in [-0.25, -0.2) is 0 Å².